The Kier molecular flexibility index (Phi) is 3.66. The quantitative estimate of drug-likeness (QED) is 0.904. The number of carbonyl (C=O) groups is 1. The molecule has 2 rings (SSSR count). The van der Waals surface area contributed by atoms with Gasteiger partial charge in [-0.25, -0.2) is 13.8 Å². The van der Waals surface area contributed by atoms with Gasteiger partial charge in [-0.1, -0.05) is 0 Å². The summed E-state index contributed by atoms with van der Waals surface area (Å²) in [6, 6.07) is 3.01. The van der Waals surface area contributed by atoms with Crippen molar-refractivity contribution in [2.45, 2.75) is 6.42 Å². The number of aromatic nitrogens is 1. The van der Waals surface area contributed by atoms with E-state index in [4.69, 9.17) is 4.42 Å². The summed E-state index contributed by atoms with van der Waals surface area (Å²) in [5, 5.41) is 2.57. The highest BCUT2D eigenvalue weighted by atomic mass is 19.2. The summed E-state index contributed by atoms with van der Waals surface area (Å²) in [5.74, 6) is -2.48. The molecule has 0 spiro atoms. The first kappa shape index (κ1) is 12.2. The molecule has 0 unspecified atom stereocenters. The first-order chi connectivity index (χ1) is 8.66. The topological polar surface area (TPSA) is 55.1 Å². The van der Waals surface area contributed by atoms with Gasteiger partial charge in [-0.3, -0.25) is 4.79 Å². The lowest BCUT2D eigenvalue weighted by Gasteiger charge is -2.04. The third-order valence-corrected chi connectivity index (χ3v) is 2.33. The van der Waals surface area contributed by atoms with Crippen molar-refractivity contribution in [3.05, 3.63) is 53.7 Å². The molecule has 0 fully saturated rings. The number of hydrogen-bond acceptors (Lipinski definition) is 3. The molecule has 1 heterocycles. The molecular formula is C12H10F2N2O2. The van der Waals surface area contributed by atoms with E-state index in [1.165, 1.54) is 18.7 Å². The predicted molar refractivity (Wildman–Crippen MR) is 58.9 cm³/mol. The SMILES string of the molecule is O=C(NCCc1cocn1)c1ccc(F)c(F)c1. The highest BCUT2D eigenvalue weighted by Gasteiger charge is 2.09. The number of benzene rings is 1. The largest absolute Gasteiger partial charge is 0.451 e. The van der Waals surface area contributed by atoms with Crippen LogP contribution in [0, 0.1) is 11.6 Å². The fraction of sp³-hybridized carbons (Fsp3) is 0.167. The maximum atomic E-state index is 12.9. The Morgan fingerprint density at radius 3 is 2.83 bits per heavy atom. The van der Waals surface area contributed by atoms with Gasteiger partial charge in [0.1, 0.15) is 6.26 Å². The average molecular weight is 252 g/mol. The molecule has 0 aliphatic carbocycles. The molecule has 1 N–H and O–H groups in total. The Bertz CT molecular complexity index is 541. The van der Waals surface area contributed by atoms with E-state index in [1.54, 1.807) is 0 Å². The molecule has 0 radical (unpaired) electrons. The van der Waals surface area contributed by atoms with Crippen molar-refractivity contribution in [2.24, 2.45) is 0 Å². The van der Waals surface area contributed by atoms with Crippen LogP contribution in [0.15, 0.2) is 35.3 Å². The number of carbonyl (C=O) groups excluding carboxylic acids is 1. The van der Waals surface area contributed by atoms with Crippen molar-refractivity contribution >= 4 is 5.91 Å². The van der Waals surface area contributed by atoms with Crippen LogP contribution in [0.1, 0.15) is 16.1 Å². The van der Waals surface area contributed by atoms with E-state index in [0.717, 1.165) is 12.1 Å². The molecule has 0 bridgehead atoms. The number of hydrogen-bond donors (Lipinski definition) is 1. The molecule has 2 aromatic rings. The van der Waals surface area contributed by atoms with Gasteiger partial charge in [0.25, 0.3) is 5.91 Å². The van der Waals surface area contributed by atoms with Gasteiger partial charge in [0.2, 0.25) is 0 Å². The Morgan fingerprint density at radius 1 is 1.33 bits per heavy atom. The van der Waals surface area contributed by atoms with Crippen molar-refractivity contribution in [1.82, 2.24) is 10.3 Å². The Hall–Kier alpha value is -2.24. The van der Waals surface area contributed by atoms with Crippen LogP contribution in [0.3, 0.4) is 0 Å². The van der Waals surface area contributed by atoms with E-state index in [1.807, 2.05) is 0 Å². The lowest BCUT2D eigenvalue weighted by molar-refractivity contribution is 0.0953. The van der Waals surface area contributed by atoms with Crippen LogP contribution in [-0.2, 0) is 6.42 Å². The number of nitrogens with one attached hydrogen (secondary N) is 1. The van der Waals surface area contributed by atoms with Crippen LogP contribution in [0.4, 0.5) is 8.78 Å². The van der Waals surface area contributed by atoms with Gasteiger partial charge in [0.15, 0.2) is 18.0 Å². The maximum Gasteiger partial charge on any atom is 0.251 e. The smallest absolute Gasteiger partial charge is 0.251 e. The normalized spacial score (nSPS) is 10.3. The molecule has 18 heavy (non-hydrogen) atoms. The van der Waals surface area contributed by atoms with Gasteiger partial charge in [-0.15, -0.1) is 0 Å². The summed E-state index contributed by atoms with van der Waals surface area (Å²) >= 11 is 0. The van der Waals surface area contributed by atoms with Crippen molar-refractivity contribution in [3.8, 4) is 0 Å². The number of oxazole rings is 1. The number of nitrogens with zero attached hydrogens (tertiary/aromatic N) is 1. The zero-order valence-corrected chi connectivity index (χ0v) is 9.32. The lowest BCUT2D eigenvalue weighted by atomic mass is 10.2. The summed E-state index contributed by atoms with van der Waals surface area (Å²) < 4.78 is 30.4. The van der Waals surface area contributed by atoms with E-state index in [-0.39, 0.29) is 5.56 Å². The van der Waals surface area contributed by atoms with Crippen LogP contribution < -0.4 is 5.32 Å². The van der Waals surface area contributed by atoms with Crippen molar-refractivity contribution < 1.29 is 18.0 Å². The van der Waals surface area contributed by atoms with Gasteiger partial charge in [-0.05, 0) is 18.2 Å². The third kappa shape index (κ3) is 2.91. The summed E-state index contributed by atoms with van der Waals surface area (Å²) in [6.07, 6.45) is 3.28. The van der Waals surface area contributed by atoms with E-state index in [0.29, 0.717) is 18.7 Å². The Balaban J connectivity index is 1.89. The van der Waals surface area contributed by atoms with E-state index >= 15 is 0 Å². The molecule has 0 atom stereocenters. The highest BCUT2D eigenvalue weighted by molar-refractivity contribution is 5.94. The molecule has 1 aromatic carbocycles. The van der Waals surface area contributed by atoms with E-state index in [2.05, 4.69) is 10.3 Å². The second-order valence-electron chi connectivity index (χ2n) is 3.61. The second kappa shape index (κ2) is 5.39. The van der Waals surface area contributed by atoms with E-state index < -0.39 is 17.5 Å². The van der Waals surface area contributed by atoms with Crippen LogP contribution in [0.25, 0.3) is 0 Å². The molecule has 0 saturated carbocycles. The van der Waals surface area contributed by atoms with Gasteiger partial charge in [0, 0.05) is 18.5 Å². The molecule has 0 aliphatic heterocycles. The van der Waals surface area contributed by atoms with Gasteiger partial charge >= 0.3 is 0 Å². The molecule has 0 saturated heterocycles. The predicted octanol–water partition coefficient (Wildman–Crippen LogP) is 1.93. The molecule has 1 aromatic heterocycles. The molecular weight excluding hydrogens is 242 g/mol. The molecule has 4 nitrogen and oxygen atoms in total. The minimum Gasteiger partial charge on any atom is -0.451 e. The number of amides is 1. The van der Waals surface area contributed by atoms with Crippen LogP contribution >= 0.6 is 0 Å². The van der Waals surface area contributed by atoms with Crippen LogP contribution in [-0.4, -0.2) is 17.4 Å². The molecule has 6 heteroatoms. The Labute approximate surface area is 102 Å². The number of halogens is 2. The number of rotatable bonds is 4. The molecule has 1 amide bonds. The van der Waals surface area contributed by atoms with Gasteiger partial charge in [0.05, 0.1) is 5.69 Å². The minimum atomic E-state index is -1.04. The van der Waals surface area contributed by atoms with Crippen molar-refractivity contribution in [2.75, 3.05) is 6.54 Å². The fourth-order valence-electron chi connectivity index (χ4n) is 1.40. The minimum absolute atomic E-state index is 0.0778. The zero-order chi connectivity index (χ0) is 13.0. The summed E-state index contributed by atoms with van der Waals surface area (Å²) in [7, 11) is 0. The van der Waals surface area contributed by atoms with Crippen LogP contribution in [0.5, 0.6) is 0 Å². The van der Waals surface area contributed by atoms with E-state index in [9.17, 15) is 13.6 Å². The summed E-state index contributed by atoms with van der Waals surface area (Å²) in [5.41, 5.74) is 0.787. The highest BCUT2D eigenvalue weighted by Crippen LogP contribution is 2.08. The average Bonchev–Trinajstić information content (AvgIpc) is 2.85. The first-order valence-electron chi connectivity index (χ1n) is 5.27. The summed E-state index contributed by atoms with van der Waals surface area (Å²) in [6.45, 7) is 0.338. The fourth-order valence-corrected chi connectivity index (χ4v) is 1.40. The van der Waals surface area contributed by atoms with Gasteiger partial charge in [-0.2, -0.15) is 0 Å². The third-order valence-electron chi connectivity index (χ3n) is 2.33. The Morgan fingerprint density at radius 2 is 2.17 bits per heavy atom. The molecule has 94 valence electrons. The van der Waals surface area contributed by atoms with Gasteiger partial charge < -0.3 is 9.73 Å². The molecule has 0 aliphatic rings. The maximum absolute atomic E-state index is 12.9. The van der Waals surface area contributed by atoms with Crippen LogP contribution in [0.2, 0.25) is 0 Å². The monoisotopic (exact) mass is 252 g/mol. The lowest BCUT2D eigenvalue weighted by Crippen LogP contribution is -2.25. The zero-order valence-electron chi connectivity index (χ0n) is 9.32. The first-order valence-corrected chi connectivity index (χ1v) is 5.27. The van der Waals surface area contributed by atoms with Crippen molar-refractivity contribution in [3.63, 3.8) is 0 Å². The second-order valence-corrected chi connectivity index (χ2v) is 3.61. The summed E-state index contributed by atoms with van der Waals surface area (Å²) in [4.78, 5) is 15.5. The standard InChI is InChI=1S/C12H10F2N2O2/c13-10-2-1-8(5-11(10)14)12(17)15-4-3-9-6-18-7-16-9/h1-2,5-7H,3-4H2,(H,15,17). The van der Waals surface area contributed by atoms with Crippen molar-refractivity contribution in [1.29, 1.82) is 0 Å².